The van der Waals surface area contributed by atoms with Crippen LogP contribution in [-0.4, -0.2) is 25.1 Å². The molecule has 0 aliphatic rings. The van der Waals surface area contributed by atoms with E-state index in [9.17, 15) is 14.9 Å². The number of non-ortho nitro benzene ring substituents is 1. The Bertz CT molecular complexity index is 836. The fraction of sp³-hybridized carbons (Fsp3) is 0.118. The molecule has 0 radical (unpaired) electrons. The van der Waals surface area contributed by atoms with Gasteiger partial charge in [0.25, 0.3) is 5.69 Å². The van der Waals surface area contributed by atoms with Gasteiger partial charge in [0.1, 0.15) is 0 Å². The van der Waals surface area contributed by atoms with Crippen LogP contribution in [0, 0.1) is 10.1 Å². The van der Waals surface area contributed by atoms with Gasteiger partial charge in [-0.15, -0.1) is 0 Å². The number of carbonyl (C=O) groups is 1. The van der Waals surface area contributed by atoms with Crippen molar-refractivity contribution in [1.29, 1.82) is 0 Å². The number of nitrogens with one attached hydrogen (secondary N) is 1. The topological polar surface area (TPSA) is 90.7 Å². The van der Waals surface area contributed by atoms with Crippen LogP contribution in [0.15, 0.2) is 42.5 Å². The van der Waals surface area contributed by atoms with Gasteiger partial charge in [-0.2, -0.15) is 0 Å². The second-order valence-electron chi connectivity index (χ2n) is 4.86. The van der Waals surface area contributed by atoms with Crippen molar-refractivity contribution >= 4 is 35.0 Å². The predicted molar refractivity (Wildman–Crippen MR) is 95.3 cm³/mol. The second kappa shape index (κ2) is 8.16. The Kier molecular flexibility index (Phi) is 5.97. The van der Waals surface area contributed by atoms with Crippen molar-refractivity contribution < 1.29 is 19.2 Å². The molecule has 0 aliphatic heterocycles. The van der Waals surface area contributed by atoms with Gasteiger partial charge in [0.05, 0.1) is 29.9 Å². The number of benzene rings is 2. The van der Waals surface area contributed by atoms with Crippen LogP contribution >= 0.6 is 11.6 Å². The standard InChI is InChI=1S/C17H15ClN2O5/c1-24-15-9-13(18)14(10-16(15)25-2)19-17(21)7-6-11-4-3-5-12(8-11)20(22)23/h3-10H,1-2H3,(H,19,21). The number of methoxy groups -OCH3 is 2. The van der Waals surface area contributed by atoms with Gasteiger partial charge < -0.3 is 14.8 Å². The lowest BCUT2D eigenvalue weighted by molar-refractivity contribution is -0.384. The third-order valence-corrected chi connectivity index (χ3v) is 3.55. The normalized spacial score (nSPS) is 10.5. The van der Waals surface area contributed by atoms with E-state index in [2.05, 4.69) is 5.32 Å². The van der Waals surface area contributed by atoms with Gasteiger partial charge in [0.2, 0.25) is 5.91 Å². The minimum atomic E-state index is -0.499. The number of hydrogen-bond donors (Lipinski definition) is 1. The summed E-state index contributed by atoms with van der Waals surface area (Å²) in [5.41, 5.74) is 0.835. The summed E-state index contributed by atoms with van der Waals surface area (Å²) in [5, 5.41) is 13.7. The number of halogens is 1. The van der Waals surface area contributed by atoms with Crippen molar-refractivity contribution in [3.8, 4) is 11.5 Å². The van der Waals surface area contributed by atoms with Gasteiger partial charge in [-0.05, 0) is 11.6 Å². The molecule has 1 amide bonds. The number of amides is 1. The van der Waals surface area contributed by atoms with Crippen molar-refractivity contribution in [2.45, 2.75) is 0 Å². The summed E-state index contributed by atoms with van der Waals surface area (Å²) in [7, 11) is 2.95. The van der Waals surface area contributed by atoms with Crippen molar-refractivity contribution in [2.24, 2.45) is 0 Å². The van der Waals surface area contributed by atoms with Crippen LogP contribution in [0.4, 0.5) is 11.4 Å². The van der Waals surface area contributed by atoms with Crippen LogP contribution in [0.3, 0.4) is 0 Å². The van der Waals surface area contributed by atoms with Gasteiger partial charge in [-0.25, -0.2) is 0 Å². The molecule has 0 bridgehead atoms. The van der Waals surface area contributed by atoms with E-state index in [-0.39, 0.29) is 10.7 Å². The molecule has 0 aliphatic carbocycles. The Labute approximate surface area is 149 Å². The number of hydrogen-bond acceptors (Lipinski definition) is 5. The molecule has 0 spiro atoms. The Morgan fingerprint density at radius 3 is 2.52 bits per heavy atom. The summed E-state index contributed by atoms with van der Waals surface area (Å²) >= 11 is 6.10. The summed E-state index contributed by atoms with van der Waals surface area (Å²) in [6.07, 6.45) is 2.73. The first kappa shape index (κ1) is 18.3. The predicted octanol–water partition coefficient (Wildman–Crippen LogP) is 3.92. The largest absolute Gasteiger partial charge is 0.493 e. The summed E-state index contributed by atoms with van der Waals surface area (Å²) in [4.78, 5) is 22.3. The number of nitrogens with zero attached hydrogens (tertiary/aromatic N) is 1. The summed E-state index contributed by atoms with van der Waals surface area (Å²) < 4.78 is 10.3. The van der Waals surface area contributed by atoms with E-state index in [1.807, 2.05) is 0 Å². The number of nitro groups is 1. The number of nitro benzene ring substituents is 1. The lowest BCUT2D eigenvalue weighted by Gasteiger charge is -2.11. The molecule has 2 rings (SSSR count). The number of carbonyl (C=O) groups excluding carboxylic acids is 1. The zero-order valence-electron chi connectivity index (χ0n) is 13.5. The van der Waals surface area contributed by atoms with E-state index in [4.69, 9.17) is 21.1 Å². The first-order chi connectivity index (χ1) is 11.9. The monoisotopic (exact) mass is 362 g/mol. The van der Waals surface area contributed by atoms with E-state index in [1.165, 1.54) is 44.6 Å². The molecular weight excluding hydrogens is 348 g/mol. The number of rotatable bonds is 6. The second-order valence-corrected chi connectivity index (χ2v) is 5.27. The molecule has 0 unspecified atom stereocenters. The first-order valence-electron chi connectivity index (χ1n) is 7.09. The SMILES string of the molecule is COc1cc(Cl)c(NC(=O)C=Cc2cccc([N+](=O)[O-])c2)cc1OC. The zero-order valence-corrected chi connectivity index (χ0v) is 14.2. The van der Waals surface area contributed by atoms with E-state index in [1.54, 1.807) is 18.2 Å². The summed E-state index contributed by atoms with van der Waals surface area (Å²) in [6, 6.07) is 9.01. The molecule has 2 aromatic carbocycles. The smallest absolute Gasteiger partial charge is 0.270 e. The quantitative estimate of drug-likeness (QED) is 0.478. The average Bonchev–Trinajstić information content (AvgIpc) is 2.61. The third kappa shape index (κ3) is 4.71. The van der Waals surface area contributed by atoms with Crippen LogP contribution in [0.25, 0.3) is 6.08 Å². The summed E-state index contributed by atoms with van der Waals surface area (Å²) in [6.45, 7) is 0. The van der Waals surface area contributed by atoms with Crippen molar-refractivity contribution in [1.82, 2.24) is 0 Å². The maximum absolute atomic E-state index is 12.0. The highest BCUT2D eigenvalue weighted by Gasteiger charge is 2.11. The minimum Gasteiger partial charge on any atom is -0.493 e. The number of anilines is 1. The lowest BCUT2D eigenvalue weighted by Crippen LogP contribution is -2.08. The Hall–Kier alpha value is -3.06. The fourth-order valence-corrected chi connectivity index (χ4v) is 2.24. The van der Waals surface area contributed by atoms with Gasteiger partial charge in [0.15, 0.2) is 11.5 Å². The van der Waals surface area contributed by atoms with Gasteiger partial charge >= 0.3 is 0 Å². The molecule has 0 saturated heterocycles. The molecular formula is C17H15ClN2O5. The highest BCUT2D eigenvalue weighted by Crippen LogP contribution is 2.36. The summed E-state index contributed by atoms with van der Waals surface area (Å²) in [5.74, 6) is 0.420. The highest BCUT2D eigenvalue weighted by molar-refractivity contribution is 6.34. The van der Waals surface area contributed by atoms with Crippen LogP contribution in [0.2, 0.25) is 5.02 Å². The maximum atomic E-state index is 12.0. The van der Waals surface area contributed by atoms with Crippen LogP contribution in [0.1, 0.15) is 5.56 Å². The average molecular weight is 363 g/mol. The van der Waals surface area contributed by atoms with Gasteiger partial charge in [0, 0.05) is 30.3 Å². The van der Waals surface area contributed by atoms with E-state index < -0.39 is 10.8 Å². The fourth-order valence-electron chi connectivity index (χ4n) is 2.04. The Morgan fingerprint density at radius 1 is 1.20 bits per heavy atom. The molecule has 0 aromatic heterocycles. The third-order valence-electron chi connectivity index (χ3n) is 3.24. The molecule has 0 heterocycles. The molecule has 8 heteroatoms. The van der Waals surface area contributed by atoms with Crippen LogP contribution < -0.4 is 14.8 Å². The molecule has 25 heavy (non-hydrogen) atoms. The van der Waals surface area contributed by atoms with E-state index in [0.717, 1.165) is 0 Å². The first-order valence-corrected chi connectivity index (χ1v) is 7.47. The Morgan fingerprint density at radius 2 is 1.88 bits per heavy atom. The molecule has 0 saturated carbocycles. The molecule has 1 N–H and O–H groups in total. The minimum absolute atomic E-state index is 0.0505. The Balaban J connectivity index is 2.15. The maximum Gasteiger partial charge on any atom is 0.270 e. The molecule has 0 atom stereocenters. The van der Waals surface area contributed by atoms with Crippen molar-refractivity contribution in [2.75, 3.05) is 19.5 Å². The van der Waals surface area contributed by atoms with Crippen LogP contribution in [-0.2, 0) is 4.79 Å². The molecule has 0 fully saturated rings. The molecule has 2 aromatic rings. The molecule has 130 valence electrons. The van der Waals surface area contributed by atoms with E-state index >= 15 is 0 Å². The van der Waals surface area contributed by atoms with Crippen LogP contribution in [0.5, 0.6) is 11.5 Å². The van der Waals surface area contributed by atoms with Crippen molar-refractivity contribution in [3.63, 3.8) is 0 Å². The van der Waals surface area contributed by atoms with Gasteiger partial charge in [-0.1, -0.05) is 23.7 Å². The van der Waals surface area contributed by atoms with Crippen molar-refractivity contribution in [3.05, 3.63) is 63.2 Å². The zero-order chi connectivity index (χ0) is 18.4. The molecule has 7 nitrogen and oxygen atoms in total. The van der Waals surface area contributed by atoms with Gasteiger partial charge in [-0.3, -0.25) is 14.9 Å². The van der Waals surface area contributed by atoms with E-state index in [0.29, 0.717) is 22.7 Å². The highest BCUT2D eigenvalue weighted by atomic mass is 35.5. The number of ether oxygens (including phenoxy) is 2. The lowest BCUT2D eigenvalue weighted by atomic mass is 10.2.